The van der Waals surface area contributed by atoms with Gasteiger partial charge in [0.15, 0.2) is 5.58 Å². The van der Waals surface area contributed by atoms with E-state index in [1.807, 2.05) is 24.3 Å². The summed E-state index contributed by atoms with van der Waals surface area (Å²) >= 11 is 0. The molecule has 1 aromatic carbocycles. The molecule has 0 aliphatic carbocycles. The molecule has 26 heavy (non-hydrogen) atoms. The monoisotopic (exact) mass is 353 g/mol. The summed E-state index contributed by atoms with van der Waals surface area (Å²) in [4.78, 5) is 25.1. The highest BCUT2D eigenvalue weighted by Gasteiger charge is 2.18. The van der Waals surface area contributed by atoms with E-state index in [4.69, 9.17) is 9.15 Å². The third kappa shape index (κ3) is 3.50. The van der Waals surface area contributed by atoms with Crippen LogP contribution in [0.2, 0.25) is 0 Å². The van der Waals surface area contributed by atoms with Gasteiger partial charge in [0.2, 0.25) is 5.95 Å². The average Bonchev–Trinajstić information content (AvgIpc) is 3.28. The summed E-state index contributed by atoms with van der Waals surface area (Å²) in [6.07, 6.45) is 3.61. The van der Waals surface area contributed by atoms with Crippen molar-refractivity contribution < 1.29 is 13.9 Å². The van der Waals surface area contributed by atoms with E-state index in [9.17, 15) is 4.79 Å². The van der Waals surface area contributed by atoms with E-state index in [0.29, 0.717) is 35.3 Å². The maximum absolute atomic E-state index is 12.3. The number of oxazole rings is 1. The van der Waals surface area contributed by atoms with Gasteiger partial charge < -0.3 is 14.5 Å². The van der Waals surface area contributed by atoms with Gasteiger partial charge in [-0.3, -0.25) is 10.1 Å². The van der Waals surface area contributed by atoms with Crippen molar-refractivity contribution >= 4 is 29.0 Å². The molecule has 1 aliphatic heterocycles. The number of hydrogen-bond donors (Lipinski definition) is 2. The standard InChI is InChI=1S/C18H19N5O3/c1-11-13(16(24)19-9-12-5-4-8-25-12)10-20-17(21-11)23-18-22-14-6-2-3-7-15(14)26-18/h2-3,6-7,10,12H,4-5,8-9H2,1H3,(H,19,24)(H,20,21,22,23)/t12-/m1/s1. The second-order valence-corrected chi connectivity index (χ2v) is 6.15. The van der Waals surface area contributed by atoms with E-state index in [1.165, 1.54) is 6.20 Å². The number of carbonyl (C=O) groups excluding carboxylic acids is 1. The van der Waals surface area contributed by atoms with Crippen molar-refractivity contribution in [3.05, 3.63) is 41.7 Å². The largest absolute Gasteiger partial charge is 0.423 e. The molecule has 0 unspecified atom stereocenters. The minimum atomic E-state index is -0.202. The number of carbonyl (C=O) groups is 1. The highest BCUT2D eigenvalue weighted by molar-refractivity contribution is 5.95. The van der Waals surface area contributed by atoms with Gasteiger partial charge in [-0.25, -0.2) is 9.97 Å². The molecule has 1 atom stereocenters. The maximum atomic E-state index is 12.3. The average molecular weight is 353 g/mol. The molecule has 1 saturated heterocycles. The van der Waals surface area contributed by atoms with Crippen LogP contribution in [0.25, 0.3) is 11.1 Å². The Morgan fingerprint density at radius 1 is 1.31 bits per heavy atom. The van der Waals surface area contributed by atoms with Crippen molar-refractivity contribution in [3.63, 3.8) is 0 Å². The van der Waals surface area contributed by atoms with E-state index >= 15 is 0 Å². The number of anilines is 2. The SMILES string of the molecule is Cc1nc(Nc2nc3ccccc3o2)ncc1C(=O)NC[C@H]1CCCO1. The third-order valence-electron chi connectivity index (χ3n) is 4.25. The lowest BCUT2D eigenvalue weighted by molar-refractivity contribution is 0.0856. The van der Waals surface area contributed by atoms with Gasteiger partial charge >= 0.3 is 6.01 Å². The van der Waals surface area contributed by atoms with Gasteiger partial charge in [-0.05, 0) is 31.9 Å². The van der Waals surface area contributed by atoms with Crippen LogP contribution < -0.4 is 10.6 Å². The molecule has 4 rings (SSSR count). The van der Waals surface area contributed by atoms with Crippen LogP contribution in [0.5, 0.6) is 0 Å². The zero-order valence-corrected chi connectivity index (χ0v) is 14.4. The first-order valence-corrected chi connectivity index (χ1v) is 8.55. The Morgan fingerprint density at radius 3 is 2.96 bits per heavy atom. The molecule has 0 saturated carbocycles. The molecular weight excluding hydrogens is 334 g/mol. The summed E-state index contributed by atoms with van der Waals surface area (Å²) in [6.45, 7) is 3.03. The minimum absolute atomic E-state index is 0.0975. The predicted molar refractivity (Wildman–Crippen MR) is 95.4 cm³/mol. The molecule has 8 nitrogen and oxygen atoms in total. The number of ether oxygens (including phenoxy) is 1. The fourth-order valence-corrected chi connectivity index (χ4v) is 2.88. The van der Waals surface area contributed by atoms with Gasteiger partial charge in [0, 0.05) is 19.3 Å². The number of hydrogen-bond acceptors (Lipinski definition) is 7. The lowest BCUT2D eigenvalue weighted by Gasteiger charge is -2.11. The number of aryl methyl sites for hydroxylation is 1. The molecule has 8 heteroatoms. The summed E-state index contributed by atoms with van der Waals surface area (Å²) in [7, 11) is 0. The molecule has 0 spiro atoms. The number of aromatic nitrogens is 3. The fourth-order valence-electron chi connectivity index (χ4n) is 2.88. The lowest BCUT2D eigenvalue weighted by atomic mass is 10.2. The number of rotatable bonds is 5. The minimum Gasteiger partial charge on any atom is -0.423 e. The Kier molecular flexibility index (Phi) is 4.49. The molecule has 2 aromatic heterocycles. The lowest BCUT2D eigenvalue weighted by Crippen LogP contribution is -2.32. The zero-order valence-electron chi connectivity index (χ0n) is 14.4. The van der Waals surface area contributed by atoms with Crippen molar-refractivity contribution in [1.29, 1.82) is 0 Å². The van der Waals surface area contributed by atoms with Gasteiger partial charge in [-0.2, -0.15) is 4.98 Å². The number of nitrogens with zero attached hydrogens (tertiary/aromatic N) is 3. The van der Waals surface area contributed by atoms with Crippen LogP contribution in [-0.4, -0.2) is 40.1 Å². The summed E-state index contributed by atoms with van der Waals surface area (Å²) in [6, 6.07) is 7.76. The smallest absolute Gasteiger partial charge is 0.302 e. The van der Waals surface area contributed by atoms with E-state index in [2.05, 4.69) is 25.6 Å². The summed E-state index contributed by atoms with van der Waals surface area (Å²) in [5.74, 6) is 0.121. The number of amides is 1. The van der Waals surface area contributed by atoms with E-state index < -0.39 is 0 Å². The summed E-state index contributed by atoms with van der Waals surface area (Å²) < 4.78 is 11.1. The van der Waals surface area contributed by atoms with Gasteiger partial charge in [-0.15, -0.1) is 0 Å². The first-order chi connectivity index (χ1) is 12.7. The Balaban J connectivity index is 1.43. The van der Waals surface area contributed by atoms with Crippen molar-refractivity contribution in [2.45, 2.75) is 25.9 Å². The van der Waals surface area contributed by atoms with Gasteiger partial charge in [-0.1, -0.05) is 12.1 Å². The van der Waals surface area contributed by atoms with Crippen LogP contribution in [0, 0.1) is 6.92 Å². The molecule has 1 fully saturated rings. The Bertz CT molecular complexity index is 900. The molecule has 2 N–H and O–H groups in total. The summed E-state index contributed by atoms with van der Waals surface area (Å²) in [5.41, 5.74) is 2.43. The van der Waals surface area contributed by atoms with Crippen molar-refractivity contribution in [2.24, 2.45) is 0 Å². The number of benzene rings is 1. The molecule has 3 aromatic rings. The molecule has 0 bridgehead atoms. The van der Waals surface area contributed by atoms with Crippen LogP contribution in [0.4, 0.5) is 12.0 Å². The normalized spacial score (nSPS) is 16.7. The fraction of sp³-hybridized carbons (Fsp3) is 0.333. The van der Waals surface area contributed by atoms with Crippen molar-refractivity contribution in [2.75, 3.05) is 18.5 Å². The highest BCUT2D eigenvalue weighted by Crippen LogP contribution is 2.20. The van der Waals surface area contributed by atoms with Gasteiger partial charge in [0.25, 0.3) is 5.91 Å². The number of nitrogens with one attached hydrogen (secondary N) is 2. The second-order valence-electron chi connectivity index (χ2n) is 6.15. The summed E-state index contributed by atoms with van der Waals surface area (Å²) in [5, 5.41) is 5.80. The highest BCUT2D eigenvalue weighted by atomic mass is 16.5. The van der Waals surface area contributed by atoms with Crippen LogP contribution in [0.1, 0.15) is 28.9 Å². The number of fused-ring (bicyclic) bond motifs is 1. The first kappa shape index (κ1) is 16.5. The van der Waals surface area contributed by atoms with E-state index in [-0.39, 0.29) is 12.0 Å². The molecule has 0 radical (unpaired) electrons. The predicted octanol–water partition coefficient (Wildman–Crippen LogP) is 2.58. The quantitative estimate of drug-likeness (QED) is 0.727. The zero-order chi connectivity index (χ0) is 17.9. The molecule has 1 amide bonds. The van der Waals surface area contributed by atoms with Crippen LogP contribution in [0.15, 0.2) is 34.9 Å². The third-order valence-corrected chi connectivity index (χ3v) is 4.25. The molecular formula is C18H19N5O3. The van der Waals surface area contributed by atoms with Crippen molar-refractivity contribution in [3.8, 4) is 0 Å². The second kappa shape index (κ2) is 7.09. The Morgan fingerprint density at radius 2 is 2.19 bits per heavy atom. The van der Waals surface area contributed by atoms with Gasteiger partial charge in [0.05, 0.1) is 17.4 Å². The molecule has 1 aliphatic rings. The first-order valence-electron chi connectivity index (χ1n) is 8.55. The molecule has 3 heterocycles. The maximum Gasteiger partial charge on any atom is 0.302 e. The Labute approximate surface area is 150 Å². The van der Waals surface area contributed by atoms with Gasteiger partial charge in [0.1, 0.15) is 5.52 Å². The van der Waals surface area contributed by atoms with Crippen LogP contribution >= 0.6 is 0 Å². The Hall–Kier alpha value is -3.00. The van der Waals surface area contributed by atoms with E-state index in [1.54, 1.807) is 6.92 Å². The number of para-hydroxylation sites is 2. The van der Waals surface area contributed by atoms with Crippen LogP contribution in [0.3, 0.4) is 0 Å². The van der Waals surface area contributed by atoms with Crippen LogP contribution in [-0.2, 0) is 4.74 Å². The molecule has 134 valence electrons. The topological polar surface area (TPSA) is 102 Å². The van der Waals surface area contributed by atoms with E-state index in [0.717, 1.165) is 25.0 Å². The van der Waals surface area contributed by atoms with Crippen molar-refractivity contribution in [1.82, 2.24) is 20.3 Å².